The van der Waals surface area contributed by atoms with E-state index in [0.29, 0.717) is 10.4 Å². The van der Waals surface area contributed by atoms with Gasteiger partial charge in [-0.15, -0.1) is 11.3 Å². The van der Waals surface area contributed by atoms with Crippen LogP contribution in [0.2, 0.25) is 5.02 Å². The van der Waals surface area contributed by atoms with Gasteiger partial charge in [-0.2, -0.15) is 0 Å². The highest BCUT2D eigenvalue weighted by Gasteiger charge is 2.13. The Kier molecular flexibility index (Phi) is 3.97. The van der Waals surface area contributed by atoms with Gasteiger partial charge in [-0.25, -0.2) is 4.39 Å². The molecule has 17 heavy (non-hydrogen) atoms. The van der Waals surface area contributed by atoms with Gasteiger partial charge in [0.1, 0.15) is 5.82 Å². The minimum absolute atomic E-state index is 0.00505. The fourth-order valence-electron chi connectivity index (χ4n) is 1.41. The topological polar surface area (TPSA) is 17.1 Å². The van der Waals surface area contributed by atoms with Crippen molar-refractivity contribution in [2.75, 3.05) is 0 Å². The molecule has 0 spiro atoms. The fraction of sp³-hybridized carbons (Fsp3) is 0.0833. The molecule has 1 heterocycles. The summed E-state index contributed by atoms with van der Waals surface area (Å²) in [6.07, 6.45) is 0.221. The zero-order valence-corrected chi connectivity index (χ0v) is 11.7. The highest BCUT2D eigenvalue weighted by atomic mass is 79.9. The number of hydrogen-bond donors (Lipinski definition) is 0. The van der Waals surface area contributed by atoms with Gasteiger partial charge in [-0.3, -0.25) is 4.79 Å². The van der Waals surface area contributed by atoms with Crippen LogP contribution in [0.5, 0.6) is 0 Å². The fourth-order valence-corrected chi connectivity index (χ4v) is 3.14. The molecule has 0 radical (unpaired) electrons. The smallest absolute Gasteiger partial charge is 0.178 e. The van der Waals surface area contributed by atoms with E-state index in [0.717, 1.165) is 4.47 Å². The van der Waals surface area contributed by atoms with Gasteiger partial charge in [0.15, 0.2) is 5.78 Å². The van der Waals surface area contributed by atoms with E-state index in [1.807, 2.05) is 11.4 Å². The van der Waals surface area contributed by atoms with Crippen LogP contribution in [-0.2, 0) is 6.42 Å². The third kappa shape index (κ3) is 2.94. The largest absolute Gasteiger partial charge is 0.293 e. The van der Waals surface area contributed by atoms with Crippen LogP contribution in [-0.4, -0.2) is 5.78 Å². The maximum absolute atomic E-state index is 13.0. The normalized spacial score (nSPS) is 10.5. The van der Waals surface area contributed by atoms with Crippen molar-refractivity contribution in [1.29, 1.82) is 0 Å². The van der Waals surface area contributed by atoms with E-state index < -0.39 is 5.82 Å². The first-order valence-corrected chi connectivity index (χ1v) is 6.83. The van der Waals surface area contributed by atoms with E-state index in [9.17, 15) is 9.18 Å². The first-order valence-electron chi connectivity index (χ1n) is 4.78. The Labute approximate surface area is 115 Å². The molecule has 1 aromatic carbocycles. The van der Waals surface area contributed by atoms with Crippen molar-refractivity contribution in [3.8, 4) is 0 Å². The van der Waals surface area contributed by atoms with Crippen molar-refractivity contribution in [2.45, 2.75) is 6.42 Å². The second-order valence-corrected chi connectivity index (χ2v) is 5.62. The van der Waals surface area contributed by atoms with Gasteiger partial charge in [0.25, 0.3) is 0 Å². The van der Waals surface area contributed by atoms with Crippen LogP contribution in [0.25, 0.3) is 0 Å². The summed E-state index contributed by atoms with van der Waals surface area (Å²) in [6.45, 7) is 0. The predicted octanol–water partition coefficient (Wildman–Crippen LogP) is 4.73. The van der Waals surface area contributed by atoms with Gasteiger partial charge in [0.05, 0.1) is 9.90 Å². The van der Waals surface area contributed by atoms with Gasteiger partial charge >= 0.3 is 0 Å². The SMILES string of the molecule is O=C(Cc1ccc(F)c(Cl)c1)c1sccc1Br. The lowest BCUT2D eigenvalue weighted by atomic mass is 10.1. The molecule has 0 aliphatic heterocycles. The summed E-state index contributed by atoms with van der Waals surface area (Å²) >= 11 is 10.4. The Balaban J connectivity index is 2.19. The van der Waals surface area contributed by atoms with Crippen molar-refractivity contribution in [2.24, 2.45) is 0 Å². The van der Waals surface area contributed by atoms with Gasteiger partial charge in [-0.05, 0) is 45.1 Å². The average molecular weight is 334 g/mol. The summed E-state index contributed by atoms with van der Waals surface area (Å²) in [5.41, 5.74) is 0.710. The van der Waals surface area contributed by atoms with Crippen molar-refractivity contribution in [1.82, 2.24) is 0 Å². The molecule has 0 aliphatic carbocycles. The number of carbonyl (C=O) groups is 1. The summed E-state index contributed by atoms with van der Waals surface area (Å²) in [4.78, 5) is 12.6. The molecular weight excluding hydrogens is 327 g/mol. The summed E-state index contributed by atoms with van der Waals surface area (Å²) in [6, 6.07) is 6.15. The van der Waals surface area contributed by atoms with Crippen LogP contribution in [0.4, 0.5) is 4.39 Å². The third-order valence-electron chi connectivity index (χ3n) is 2.22. The van der Waals surface area contributed by atoms with Gasteiger partial charge in [-0.1, -0.05) is 17.7 Å². The molecular formula is C12H7BrClFOS. The minimum atomic E-state index is -0.472. The van der Waals surface area contributed by atoms with Gasteiger partial charge < -0.3 is 0 Å². The van der Waals surface area contributed by atoms with Crippen LogP contribution in [0.3, 0.4) is 0 Å². The highest BCUT2D eigenvalue weighted by Crippen LogP contribution is 2.25. The number of ketones is 1. The Morgan fingerprint density at radius 1 is 1.41 bits per heavy atom. The molecule has 2 rings (SSSR count). The summed E-state index contributed by atoms with van der Waals surface area (Å²) < 4.78 is 13.7. The van der Waals surface area contributed by atoms with Crippen LogP contribution in [0.15, 0.2) is 34.1 Å². The molecule has 2 aromatic rings. The lowest BCUT2D eigenvalue weighted by Crippen LogP contribution is -2.02. The number of Topliss-reactive ketones (excluding diaryl/α,β-unsaturated/α-hetero) is 1. The first kappa shape index (κ1) is 12.7. The van der Waals surface area contributed by atoms with Crippen LogP contribution >= 0.6 is 38.9 Å². The number of carbonyl (C=O) groups excluding carboxylic acids is 1. The monoisotopic (exact) mass is 332 g/mol. The molecule has 0 bridgehead atoms. The number of rotatable bonds is 3. The number of halogens is 3. The zero-order valence-electron chi connectivity index (χ0n) is 8.54. The minimum Gasteiger partial charge on any atom is -0.293 e. The summed E-state index contributed by atoms with van der Waals surface area (Å²) in [5, 5.41) is 1.88. The van der Waals surface area contributed by atoms with E-state index in [-0.39, 0.29) is 17.2 Å². The molecule has 0 amide bonds. The van der Waals surface area contributed by atoms with Crippen LogP contribution < -0.4 is 0 Å². The molecule has 1 aromatic heterocycles. The molecule has 1 nitrogen and oxygen atoms in total. The molecule has 0 N–H and O–H groups in total. The van der Waals surface area contributed by atoms with Crippen LogP contribution in [0.1, 0.15) is 15.2 Å². The third-order valence-corrected chi connectivity index (χ3v) is 4.39. The average Bonchev–Trinajstić information content (AvgIpc) is 2.70. The number of thiophene rings is 1. The van der Waals surface area contributed by atoms with E-state index in [4.69, 9.17) is 11.6 Å². The maximum Gasteiger partial charge on any atom is 0.178 e. The second kappa shape index (κ2) is 5.29. The molecule has 0 aliphatic rings. The Bertz CT molecular complexity index is 567. The Hall–Kier alpha value is -0.710. The lowest BCUT2D eigenvalue weighted by Gasteiger charge is -2.01. The van der Waals surface area contributed by atoms with Gasteiger partial charge in [0, 0.05) is 10.9 Å². The van der Waals surface area contributed by atoms with E-state index in [1.54, 1.807) is 6.07 Å². The molecule has 0 atom stereocenters. The summed E-state index contributed by atoms with van der Waals surface area (Å²) in [5.74, 6) is -0.477. The quantitative estimate of drug-likeness (QED) is 0.742. The maximum atomic E-state index is 13.0. The van der Waals surface area contributed by atoms with E-state index >= 15 is 0 Å². The van der Waals surface area contributed by atoms with Crippen molar-refractivity contribution in [3.05, 3.63) is 55.4 Å². The van der Waals surface area contributed by atoms with E-state index in [2.05, 4.69) is 15.9 Å². The number of benzene rings is 1. The predicted molar refractivity (Wildman–Crippen MR) is 71.5 cm³/mol. The molecule has 0 unspecified atom stereocenters. The Morgan fingerprint density at radius 2 is 2.18 bits per heavy atom. The van der Waals surface area contributed by atoms with Crippen molar-refractivity contribution >= 4 is 44.7 Å². The molecule has 5 heteroatoms. The summed E-state index contributed by atoms with van der Waals surface area (Å²) in [7, 11) is 0. The number of hydrogen-bond acceptors (Lipinski definition) is 2. The van der Waals surface area contributed by atoms with E-state index in [1.165, 1.54) is 23.5 Å². The highest BCUT2D eigenvalue weighted by molar-refractivity contribution is 9.10. The Morgan fingerprint density at radius 3 is 2.76 bits per heavy atom. The van der Waals surface area contributed by atoms with Crippen molar-refractivity contribution < 1.29 is 9.18 Å². The van der Waals surface area contributed by atoms with Gasteiger partial charge in [0.2, 0.25) is 0 Å². The molecule has 88 valence electrons. The van der Waals surface area contributed by atoms with Crippen molar-refractivity contribution in [3.63, 3.8) is 0 Å². The van der Waals surface area contributed by atoms with Crippen LogP contribution in [0, 0.1) is 5.82 Å². The molecule has 0 fully saturated rings. The second-order valence-electron chi connectivity index (χ2n) is 3.45. The molecule has 0 saturated carbocycles. The first-order chi connectivity index (χ1) is 8.08. The molecule has 0 saturated heterocycles. The standard InChI is InChI=1S/C12H7BrClFOS/c13-8-3-4-17-12(8)11(16)6-7-1-2-10(15)9(14)5-7/h1-5H,6H2. The zero-order chi connectivity index (χ0) is 12.4. The lowest BCUT2D eigenvalue weighted by molar-refractivity contribution is 0.0996.